The van der Waals surface area contributed by atoms with Gasteiger partial charge in [-0.05, 0) is 70.1 Å². The minimum Gasteiger partial charge on any atom is -0.355 e. The molecule has 2 saturated heterocycles. The first-order valence-electron chi connectivity index (χ1n) is 11.1. The lowest BCUT2D eigenvalue weighted by Gasteiger charge is -2.50. The number of rotatable bonds is 2. The van der Waals surface area contributed by atoms with Crippen molar-refractivity contribution in [2.45, 2.75) is 63.6 Å². The fourth-order valence-corrected chi connectivity index (χ4v) is 6.11. The van der Waals surface area contributed by atoms with Crippen LogP contribution in [0.1, 0.15) is 46.0 Å². The molecule has 2 unspecified atom stereocenters. The molecule has 1 saturated carbocycles. The first kappa shape index (κ1) is 19.6. The third-order valence-electron chi connectivity index (χ3n) is 7.51. The normalized spacial score (nSPS) is 33.2. The maximum Gasteiger partial charge on any atom is 0.350 e. The fourth-order valence-electron chi connectivity index (χ4n) is 6.11. The number of nitrogens with zero attached hydrogens (tertiary/aromatic N) is 4. The number of amidine groups is 1. The highest BCUT2D eigenvalue weighted by Gasteiger charge is 2.57. The summed E-state index contributed by atoms with van der Waals surface area (Å²) in [5, 5.41) is 0. The molecular formula is C24H29FN4O. The van der Waals surface area contributed by atoms with Gasteiger partial charge in [0.15, 0.2) is 0 Å². The van der Waals surface area contributed by atoms with Crippen molar-refractivity contribution in [1.82, 2.24) is 9.80 Å². The molecule has 2 amide bonds. The molecule has 1 spiro atoms. The van der Waals surface area contributed by atoms with Gasteiger partial charge in [-0.15, -0.1) is 5.92 Å². The fraction of sp³-hybridized carbons (Fsp3) is 0.583. The van der Waals surface area contributed by atoms with Crippen molar-refractivity contribution in [1.29, 1.82) is 0 Å². The monoisotopic (exact) mass is 408 g/mol. The summed E-state index contributed by atoms with van der Waals surface area (Å²) in [6.45, 7) is 6.65. The number of halogens is 1. The van der Waals surface area contributed by atoms with E-state index in [9.17, 15) is 9.18 Å². The second-order valence-electron chi connectivity index (χ2n) is 9.25. The summed E-state index contributed by atoms with van der Waals surface area (Å²) >= 11 is 0. The van der Waals surface area contributed by atoms with Crippen LogP contribution < -0.4 is 4.90 Å². The van der Waals surface area contributed by atoms with Crippen LogP contribution in [-0.2, 0) is 0 Å². The number of fused-ring (bicyclic) bond motifs is 2. The Balaban J connectivity index is 1.53. The summed E-state index contributed by atoms with van der Waals surface area (Å²) in [7, 11) is 0. The van der Waals surface area contributed by atoms with E-state index in [0.717, 1.165) is 38.3 Å². The van der Waals surface area contributed by atoms with Crippen molar-refractivity contribution in [3.8, 4) is 11.8 Å². The minimum absolute atomic E-state index is 0.256. The van der Waals surface area contributed by atoms with Crippen molar-refractivity contribution >= 4 is 17.6 Å². The van der Waals surface area contributed by atoms with Gasteiger partial charge in [0.25, 0.3) is 0 Å². The summed E-state index contributed by atoms with van der Waals surface area (Å²) in [5.74, 6) is 7.48. The molecule has 3 heterocycles. The topological polar surface area (TPSA) is 39.1 Å². The number of urea groups is 1. The van der Waals surface area contributed by atoms with Crippen molar-refractivity contribution < 1.29 is 9.18 Å². The van der Waals surface area contributed by atoms with Gasteiger partial charge in [0.2, 0.25) is 0 Å². The van der Waals surface area contributed by atoms with E-state index in [4.69, 9.17) is 0 Å². The summed E-state index contributed by atoms with van der Waals surface area (Å²) in [6, 6.07) is 6.89. The molecule has 4 atom stereocenters. The van der Waals surface area contributed by atoms with E-state index in [1.54, 1.807) is 11.0 Å². The Morgan fingerprint density at radius 3 is 2.87 bits per heavy atom. The number of likely N-dealkylation sites (tertiary alicyclic amines) is 2. The van der Waals surface area contributed by atoms with Crippen LogP contribution in [0.25, 0.3) is 0 Å². The number of carbonyl (C=O) groups is 1. The van der Waals surface area contributed by atoms with Crippen LogP contribution in [0, 0.1) is 23.6 Å². The number of hydrogen-bond donors (Lipinski definition) is 0. The van der Waals surface area contributed by atoms with Crippen molar-refractivity contribution in [3.63, 3.8) is 0 Å². The maximum atomic E-state index is 14.1. The molecule has 4 aliphatic rings. The van der Waals surface area contributed by atoms with Gasteiger partial charge in [0.1, 0.15) is 17.2 Å². The predicted molar refractivity (Wildman–Crippen MR) is 116 cm³/mol. The Morgan fingerprint density at radius 1 is 1.33 bits per heavy atom. The van der Waals surface area contributed by atoms with E-state index in [2.05, 4.69) is 33.6 Å². The molecule has 5 nitrogen and oxygen atoms in total. The van der Waals surface area contributed by atoms with Crippen LogP contribution in [0.3, 0.4) is 0 Å². The second-order valence-corrected chi connectivity index (χ2v) is 9.25. The zero-order valence-electron chi connectivity index (χ0n) is 17.8. The van der Waals surface area contributed by atoms with Gasteiger partial charge in [0.05, 0.1) is 6.54 Å². The molecular weight excluding hydrogens is 379 g/mol. The Labute approximate surface area is 177 Å². The molecule has 0 N–H and O–H groups in total. The maximum absolute atomic E-state index is 14.1. The molecule has 6 heteroatoms. The Hall–Kier alpha value is -2.39. The van der Waals surface area contributed by atoms with Gasteiger partial charge in [0, 0.05) is 30.9 Å². The van der Waals surface area contributed by atoms with Gasteiger partial charge in [-0.1, -0.05) is 12.0 Å². The van der Waals surface area contributed by atoms with Crippen molar-refractivity contribution in [3.05, 3.63) is 30.1 Å². The zero-order valence-corrected chi connectivity index (χ0v) is 17.8. The van der Waals surface area contributed by atoms with E-state index in [0.29, 0.717) is 17.6 Å². The quantitative estimate of drug-likeness (QED) is 0.697. The highest BCUT2D eigenvalue weighted by Crippen LogP contribution is 2.46. The number of benzene rings is 1. The summed E-state index contributed by atoms with van der Waals surface area (Å²) < 4.78 is 14.1. The van der Waals surface area contributed by atoms with E-state index in [1.165, 1.54) is 31.4 Å². The minimum atomic E-state index is -0.509. The predicted octanol–water partition coefficient (Wildman–Crippen LogP) is 3.89. The van der Waals surface area contributed by atoms with Crippen molar-refractivity contribution in [2.24, 2.45) is 10.9 Å². The first-order chi connectivity index (χ1) is 14.5. The third kappa shape index (κ3) is 3.02. The Bertz CT molecular complexity index is 950. The molecule has 1 aromatic carbocycles. The van der Waals surface area contributed by atoms with E-state index in [1.807, 2.05) is 13.0 Å². The second kappa shape index (κ2) is 7.39. The zero-order chi connectivity index (χ0) is 20.9. The van der Waals surface area contributed by atoms with E-state index in [-0.39, 0.29) is 17.9 Å². The smallest absolute Gasteiger partial charge is 0.350 e. The standard InChI is InChI=1S/C24H29FN4O/c1-3-4-11-27-12-10-24(15-17(27)2)22(28-16-18-8-9-20(28)13-18)26-23(30)29(24)21-7-5-6-19(25)14-21/h5-7,14,17-18,20H,8-13,15-16H2,1-2H3/t17?,18-,20-,24?/m0/s1. The third-order valence-corrected chi connectivity index (χ3v) is 7.51. The van der Waals surface area contributed by atoms with Crippen LogP contribution in [0.5, 0.6) is 0 Å². The highest BCUT2D eigenvalue weighted by molar-refractivity contribution is 6.16. The van der Waals surface area contributed by atoms with Gasteiger partial charge < -0.3 is 4.90 Å². The lowest BCUT2D eigenvalue weighted by atomic mass is 9.80. The molecule has 2 bridgehead atoms. The molecule has 158 valence electrons. The van der Waals surface area contributed by atoms with Crippen LogP contribution in [0.15, 0.2) is 29.3 Å². The largest absolute Gasteiger partial charge is 0.355 e. The molecule has 5 rings (SSSR count). The lowest BCUT2D eigenvalue weighted by Crippen LogP contribution is -2.64. The summed E-state index contributed by atoms with van der Waals surface area (Å²) in [5.41, 5.74) is 0.0994. The Kier molecular flexibility index (Phi) is 4.82. The molecule has 0 radical (unpaired) electrons. The highest BCUT2D eigenvalue weighted by atomic mass is 19.1. The van der Waals surface area contributed by atoms with Gasteiger partial charge in [-0.3, -0.25) is 9.80 Å². The average molecular weight is 409 g/mol. The van der Waals surface area contributed by atoms with Crippen LogP contribution in [0.4, 0.5) is 14.9 Å². The van der Waals surface area contributed by atoms with Gasteiger partial charge in [-0.2, -0.15) is 4.99 Å². The van der Waals surface area contributed by atoms with E-state index < -0.39 is 5.54 Å². The molecule has 0 aromatic heterocycles. The molecule has 1 aromatic rings. The average Bonchev–Trinajstić information content (AvgIpc) is 3.41. The number of anilines is 1. The summed E-state index contributed by atoms with van der Waals surface area (Å²) in [4.78, 5) is 24.5. The van der Waals surface area contributed by atoms with Gasteiger partial charge in [-0.25, -0.2) is 9.18 Å². The van der Waals surface area contributed by atoms with Crippen LogP contribution in [0.2, 0.25) is 0 Å². The summed E-state index contributed by atoms with van der Waals surface area (Å²) in [6.07, 6.45) is 5.24. The number of amides is 2. The number of piperidine rings is 2. The van der Waals surface area contributed by atoms with E-state index >= 15 is 0 Å². The van der Waals surface area contributed by atoms with Gasteiger partial charge >= 0.3 is 6.03 Å². The SMILES string of the molecule is CC#CCN1CCC2(CC1C)C(N1C[C@H]3CC[C@H]1C3)=NC(=O)N2c1cccc(F)c1. The molecule has 1 aliphatic carbocycles. The first-order valence-corrected chi connectivity index (χ1v) is 11.1. The number of aliphatic imine (C=N–C) groups is 1. The molecule has 30 heavy (non-hydrogen) atoms. The Morgan fingerprint density at radius 2 is 2.20 bits per heavy atom. The van der Waals surface area contributed by atoms with Crippen LogP contribution in [-0.4, -0.2) is 58.9 Å². The van der Waals surface area contributed by atoms with Crippen molar-refractivity contribution in [2.75, 3.05) is 24.5 Å². The van der Waals surface area contributed by atoms with Crippen LogP contribution >= 0.6 is 0 Å². The molecule has 3 aliphatic heterocycles. The molecule has 3 fully saturated rings. The number of hydrogen-bond acceptors (Lipinski definition) is 3. The lowest BCUT2D eigenvalue weighted by molar-refractivity contribution is 0.139. The number of carbonyl (C=O) groups excluding carboxylic acids is 1.